The molecule has 0 bridgehead atoms. The van der Waals surface area contributed by atoms with E-state index in [2.05, 4.69) is 16.9 Å². The lowest BCUT2D eigenvalue weighted by Crippen LogP contribution is -2.17. The molecule has 0 saturated carbocycles. The van der Waals surface area contributed by atoms with E-state index >= 15 is 0 Å². The molecule has 3 aromatic rings. The van der Waals surface area contributed by atoms with E-state index in [0.717, 1.165) is 12.8 Å². The minimum atomic E-state index is -0.720. The van der Waals surface area contributed by atoms with Gasteiger partial charge in [0.15, 0.2) is 17.7 Å². The van der Waals surface area contributed by atoms with Crippen molar-refractivity contribution in [3.8, 4) is 0 Å². The topological polar surface area (TPSA) is 89.1 Å². The van der Waals surface area contributed by atoms with E-state index in [9.17, 15) is 14.4 Å². The third kappa shape index (κ3) is 6.10. The number of hydrogen-bond acceptors (Lipinski definition) is 5. The number of benzene rings is 2. The largest absolute Gasteiger partial charge is 0.454 e. The van der Waals surface area contributed by atoms with Gasteiger partial charge in [-0.1, -0.05) is 56.2 Å². The lowest BCUT2D eigenvalue weighted by Gasteiger charge is -2.13. The maximum absolute atomic E-state index is 12.4. The summed E-state index contributed by atoms with van der Waals surface area (Å²) in [4.78, 5) is 43.8. The summed E-state index contributed by atoms with van der Waals surface area (Å²) in [7, 11) is 0. The van der Waals surface area contributed by atoms with Crippen LogP contribution < -0.4 is 5.56 Å². The number of aryl methyl sites for hydroxylation is 1. The van der Waals surface area contributed by atoms with Crippen LogP contribution in [0.3, 0.4) is 0 Å². The van der Waals surface area contributed by atoms with E-state index < -0.39 is 12.1 Å². The number of nitrogens with one attached hydrogen (secondary N) is 1. The number of aromatic nitrogens is 2. The minimum absolute atomic E-state index is 0.0285. The highest BCUT2D eigenvalue weighted by molar-refractivity contribution is 5.97. The van der Waals surface area contributed by atoms with Gasteiger partial charge in [-0.3, -0.25) is 14.4 Å². The van der Waals surface area contributed by atoms with Crippen molar-refractivity contribution in [1.29, 1.82) is 0 Å². The number of ketones is 1. The average Bonchev–Trinajstić information content (AvgIpc) is 2.78. The molecule has 1 aromatic heterocycles. The molecule has 2 aromatic carbocycles. The standard InChI is InChI=1S/C25H28N2O4/c1-3-4-5-8-18-11-13-19(14-12-18)22(28)15-16-23(29)31-17(2)24-26-21-10-7-6-9-20(21)25(30)27-24/h6-7,9-14,17H,3-5,8,15-16H2,1-2H3,(H,26,27,30)/t17-/m1/s1. The van der Waals surface area contributed by atoms with E-state index in [1.807, 2.05) is 24.3 Å². The highest BCUT2D eigenvalue weighted by Crippen LogP contribution is 2.16. The minimum Gasteiger partial charge on any atom is -0.454 e. The van der Waals surface area contributed by atoms with Gasteiger partial charge in [-0.05, 0) is 37.5 Å². The van der Waals surface area contributed by atoms with E-state index in [1.54, 1.807) is 31.2 Å². The van der Waals surface area contributed by atoms with E-state index in [4.69, 9.17) is 4.74 Å². The van der Waals surface area contributed by atoms with Gasteiger partial charge in [0.2, 0.25) is 0 Å². The number of fused-ring (bicyclic) bond motifs is 1. The zero-order chi connectivity index (χ0) is 22.2. The fraction of sp³-hybridized carbons (Fsp3) is 0.360. The molecule has 0 saturated heterocycles. The second-order valence-corrected chi connectivity index (χ2v) is 7.68. The second-order valence-electron chi connectivity index (χ2n) is 7.68. The normalized spacial score (nSPS) is 11.9. The number of aromatic amines is 1. The van der Waals surface area contributed by atoms with Crippen LogP contribution in [-0.4, -0.2) is 21.7 Å². The number of Topliss-reactive ketones (excluding diaryl/α,β-unsaturated/α-hetero) is 1. The van der Waals surface area contributed by atoms with Gasteiger partial charge in [0.05, 0.1) is 17.3 Å². The van der Waals surface area contributed by atoms with Gasteiger partial charge in [0, 0.05) is 12.0 Å². The van der Waals surface area contributed by atoms with Crippen molar-refractivity contribution in [2.24, 2.45) is 0 Å². The molecule has 6 heteroatoms. The first-order valence-corrected chi connectivity index (χ1v) is 10.8. The summed E-state index contributed by atoms with van der Waals surface area (Å²) in [5.74, 6) is -0.322. The summed E-state index contributed by atoms with van der Waals surface area (Å²) in [6, 6.07) is 14.6. The molecule has 1 atom stereocenters. The average molecular weight is 421 g/mol. The molecule has 3 rings (SSSR count). The van der Waals surface area contributed by atoms with Crippen LogP contribution in [0.4, 0.5) is 0 Å². The number of carbonyl (C=O) groups excluding carboxylic acids is 2. The lowest BCUT2D eigenvalue weighted by molar-refractivity contribution is -0.148. The molecule has 0 aliphatic heterocycles. The van der Waals surface area contributed by atoms with Crippen LogP contribution in [0, 0.1) is 0 Å². The van der Waals surface area contributed by atoms with Crippen molar-refractivity contribution in [3.05, 3.63) is 75.8 Å². The molecule has 0 spiro atoms. The molecular formula is C25H28N2O4. The number of ether oxygens (including phenoxy) is 1. The molecule has 0 radical (unpaired) electrons. The Hall–Kier alpha value is -3.28. The number of nitrogens with zero attached hydrogens (tertiary/aromatic N) is 1. The monoisotopic (exact) mass is 420 g/mol. The van der Waals surface area contributed by atoms with Gasteiger partial charge in [-0.25, -0.2) is 4.98 Å². The van der Waals surface area contributed by atoms with Crippen molar-refractivity contribution < 1.29 is 14.3 Å². The van der Waals surface area contributed by atoms with Crippen LogP contribution in [0.15, 0.2) is 53.3 Å². The molecule has 6 nitrogen and oxygen atoms in total. The Labute approximate surface area is 181 Å². The number of hydrogen-bond donors (Lipinski definition) is 1. The number of para-hydroxylation sites is 1. The second kappa shape index (κ2) is 10.7. The zero-order valence-corrected chi connectivity index (χ0v) is 18.0. The maximum Gasteiger partial charge on any atom is 0.306 e. The molecule has 0 aliphatic rings. The Balaban J connectivity index is 1.52. The Bertz CT molecular complexity index is 1100. The van der Waals surface area contributed by atoms with Gasteiger partial charge in [0.25, 0.3) is 5.56 Å². The number of esters is 1. The van der Waals surface area contributed by atoms with E-state index in [0.29, 0.717) is 16.5 Å². The third-order valence-corrected chi connectivity index (χ3v) is 5.23. The summed E-state index contributed by atoms with van der Waals surface area (Å²) in [5, 5.41) is 0.478. The lowest BCUT2D eigenvalue weighted by atomic mass is 10.0. The molecule has 0 fully saturated rings. The van der Waals surface area contributed by atoms with Crippen molar-refractivity contribution in [3.63, 3.8) is 0 Å². The molecular weight excluding hydrogens is 392 g/mol. The Morgan fingerprint density at radius 1 is 1.03 bits per heavy atom. The number of unbranched alkanes of at least 4 members (excludes halogenated alkanes) is 2. The van der Waals surface area contributed by atoms with Gasteiger partial charge < -0.3 is 9.72 Å². The van der Waals surface area contributed by atoms with Crippen LogP contribution >= 0.6 is 0 Å². The number of H-pyrrole nitrogens is 1. The smallest absolute Gasteiger partial charge is 0.306 e. The highest BCUT2D eigenvalue weighted by Gasteiger charge is 2.17. The predicted octanol–water partition coefficient (Wildman–Crippen LogP) is 4.92. The number of rotatable bonds is 10. The molecule has 0 amide bonds. The fourth-order valence-electron chi connectivity index (χ4n) is 3.41. The molecule has 162 valence electrons. The summed E-state index contributed by atoms with van der Waals surface area (Å²) < 4.78 is 5.38. The number of carbonyl (C=O) groups is 2. The van der Waals surface area contributed by atoms with Crippen molar-refractivity contribution in [2.75, 3.05) is 0 Å². The molecule has 0 aliphatic carbocycles. The van der Waals surface area contributed by atoms with E-state index in [1.165, 1.54) is 18.4 Å². The van der Waals surface area contributed by atoms with Crippen molar-refractivity contribution >= 4 is 22.7 Å². The highest BCUT2D eigenvalue weighted by atomic mass is 16.5. The fourth-order valence-corrected chi connectivity index (χ4v) is 3.41. The van der Waals surface area contributed by atoms with Crippen LogP contribution in [0.2, 0.25) is 0 Å². The van der Waals surface area contributed by atoms with Gasteiger partial charge in [0.1, 0.15) is 0 Å². The third-order valence-electron chi connectivity index (χ3n) is 5.23. The predicted molar refractivity (Wildman–Crippen MR) is 120 cm³/mol. The quantitative estimate of drug-likeness (QED) is 0.286. The van der Waals surface area contributed by atoms with Gasteiger partial charge in [-0.15, -0.1) is 0 Å². The Morgan fingerprint density at radius 2 is 1.77 bits per heavy atom. The Kier molecular flexibility index (Phi) is 7.70. The molecule has 0 unspecified atom stereocenters. The Morgan fingerprint density at radius 3 is 2.52 bits per heavy atom. The summed E-state index contributed by atoms with van der Waals surface area (Å²) in [6.07, 6.45) is 3.86. The van der Waals surface area contributed by atoms with Crippen molar-refractivity contribution in [1.82, 2.24) is 9.97 Å². The SMILES string of the molecule is CCCCCc1ccc(C(=O)CCC(=O)O[C@H](C)c2nc3ccccc3c(=O)[nH]2)cc1. The van der Waals surface area contributed by atoms with Crippen LogP contribution in [0.1, 0.15) is 73.8 Å². The zero-order valence-electron chi connectivity index (χ0n) is 18.0. The summed E-state index contributed by atoms with van der Waals surface area (Å²) in [5.41, 5.74) is 2.07. The molecule has 1 heterocycles. The summed E-state index contributed by atoms with van der Waals surface area (Å²) >= 11 is 0. The first kappa shape index (κ1) is 22.4. The van der Waals surface area contributed by atoms with E-state index in [-0.39, 0.29) is 30.0 Å². The first-order valence-electron chi connectivity index (χ1n) is 10.8. The maximum atomic E-state index is 12.4. The van der Waals surface area contributed by atoms with Gasteiger partial charge in [-0.2, -0.15) is 0 Å². The molecule has 1 N–H and O–H groups in total. The summed E-state index contributed by atoms with van der Waals surface area (Å²) in [6.45, 7) is 3.81. The van der Waals surface area contributed by atoms with Crippen molar-refractivity contribution in [2.45, 2.75) is 58.5 Å². The van der Waals surface area contributed by atoms with Gasteiger partial charge >= 0.3 is 5.97 Å². The molecule has 31 heavy (non-hydrogen) atoms. The van der Waals surface area contributed by atoms with Crippen LogP contribution in [-0.2, 0) is 16.0 Å². The van der Waals surface area contributed by atoms with Crippen LogP contribution in [0.25, 0.3) is 10.9 Å². The first-order chi connectivity index (χ1) is 15.0. The van der Waals surface area contributed by atoms with Crippen LogP contribution in [0.5, 0.6) is 0 Å².